The van der Waals surface area contributed by atoms with Crippen molar-refractivity contribution in [1.82, 2.24) is 4.90 Å². The number of methoxy groups -OCH3 is 1. The van der Waals surface area contributed by atoms with Gasteiger partial charge < -0.3 is 14.6 Å². The molecule has 2 aromatic carbocycles. The van der Waals surface area contributed by atoms with E-state index in [4.69, 9.17) is 9.47 Å². The first-order valence-electron chi connectivity index (χ1n) is 9.44. The zero-order chi connectivity index (χ0) is 18.4. The molecule has 0 radical (unpaired) electrons. The predicted octanol–water partition coefficient (Wildman–Crippen LogP) is 3.52. The molecule has 4 heteroatoms. The molecule has 2 atom stereocenters. The van der Waals surface area contributed by atoms with Crippen LogP contribution >= 0.6 is 0 Å². The highest BCUT2D eigenvalue weighted by molar-refractivity contribution is 5.47. The van der Waals surface area contributed by atoms with Gasteiger partial charge in [0.15, 0.2) is 11.5 Å². The van der Waals surface area contributed by atoms with Crippen molar-refractivity contribution >= 4 is 0 Å². The van der Waals surface area contributed by atoms with Crippen LogP contribution < -0.4 is 9.47 Å². The van der Waals surface area contributed by atoms with Crippen LogP contribution in [0.15, 0.2) is 48.5 Å². The van der Waals surface area contributed by atoms with Gasteiger partial charge >= 0.3 is 0 Å². The van der Waals surface area contributed by atoms with Crippen LogP contribution in [0.5, 0.6) is 11.5 Å². The van der Waals surface area contributed by atoms with E-state index >= 15 is 0 Å². The van der Waals surface area contributed by atoms with Crippen molar-refractivity contribution < 1.29 is 14.6 Å². The number of benzene rings is 2. The molecule has 0 amide bonds. The van der Waals surface area contributed by atoms with Crippen molar-refractivity contribution in [2.75, 3.05) is 26.8 Å². The molecule has 140 valence electrons. The van der Waals surface area contributed by atoms with Gasteiger partial charge in [0.2, 0.25) is 0 Å². The molecule has 1 heterocycles. The second-order valence-corrected chi connectivity index (χ2v) is 6.92. The summed E-state index contributed by atoms with van der Waals surface area (Å²) in [6, 6.07) is 16.5. The Hall–Kier alpha value is -2.04. The number of aliphatic hydroxyl groups excluding tert-OH is 1. The summed E-state index contributed by atoms with van der Waals surface area (Å²) in [7, 11) is 1.67. The minimum Gasteiger partial charge on any atom is -0.493 e. The third-order valence-electron chi connectivity index (χ3n) is 5.08. The van der Waals surface area contributed by atoms with E-state index in [-0.39, 0.29) is 12.0 Å². The molecule has 26 heavy (non-hydrogen) atoms. The van der Waals surface area contributed by atoms with Crippen molar-refractivity contribution in [2.24, 2.45) is 5.92 Å². The smallest absolute Gasteiger partial charge is 0.164 e. The monoisotopic (exact) mass is 355 g/mol. The van der Waals surface area contributed by atoms with Gasteiger partial charge in [-0.2, -0.15) is 0 Å². The van der Waals surface area contributed by atoms with Crippen LogP contribution in [0.3, 0.4) is 0 Å². The Bertz CT molecular complexity index is 689. The Morgan fingerprint density at radius 3 is 2.65 bits per heavy atom. The van der Waals surface area contributed by atoms with Gasteiger partial charge in [0.1, 0.15) is 0 Å². The second kappa shape index (κ2) is 9.06. The van der Waals surface area contributed by atoms with Gasteiger partial charge in [0, 0.05) is 25.6 Å². The third-order valence-corrected chi connectivity index (χ3v) is 5.08. The van der Waals surface area contributed by atoms with Crippen LogP contribution in [0.1, 0.15) is 24.5 Å². The summed E-state index contributed by atoms with van der Waals surface area (Å²) in [6.45, 7) is 5.33. The lowest BCUT2D eigenvalue weighted by Gasteiger charge is -2.36. The molecule has 0 bridgehead atoms. The quantitative estimate of drug-likeness (QED) is 0.825. The summed E-state index contributed by atoms with van der Waals surface area (Å²) in [5, 5.41) is 10.6. The molecular weight excluding hydrogens is 326 g/mol. The average Bonchev–Trinajstić information content (AvgIpc) is 2.67. The molecule has 3 rings (SSSR count). The lowest BCUT2D eigenvalue weighted by molar-refractivity contribution is 0.0236. The number of rotatable bonds is 7. The summed E-state index contributed by atoms with van der Waals surface area (Å²) in [5.41, 5.74) is 2.43. The van der Waals surface area contributed by atoms with Gasteiger partial charge in [0.05, 0.1) is 19.8 Å². The molecule has 1 aliphatic rings. The van der Waals surface area contributed by atoms with Crippen LogP contribution in [0.4, 0.5) is 0 Å². The van der Waals surface area contributed by atoms with Gasteiger partial charge in [-0.3, -0.25) is 4.90 Å². The lowest BCUT2D eigenvalue weighted by atomic mass is 9.88. The first-order chi connectivity index (χ1) is 12.7. The maximum absolute atomic E-state index is 10.6. The highest BCUT2D eigenvalue weighted by Crippen LogP contribution is 2.34. The number of para-hydroxylation sites is 1. The Kier molecular flexibility index (Phi) is 6.53. The van der Waals surface area contributed by atoms with E-state index in [1.165, 1.54) is 5.56 Å². The van der Waals surface area contributed by atoms with E-state index in [0.717, 1.165) is 49.5 Å². The van der Waals surface area contributed by atoms with Gasteiger partial charge in [-0.15, -0.1) is 0 Å². The standard InChI is InChI=1S/C22H29NO3/c1-3-26-22-18(10-7-11-21(22)25-2)14-19-16-23(13-12-20(19)24)15-17-8-5-4-6-9-17/h4-11,19-20,24H,3,12-16H2,1-2H3. The highest BCUT2D eigenvalue weighted by atomic mass is 16.5. The van der Waals surface area contributed by atoms with Crippen LogP contribution in [0.2, 0.25) is 0 Å². The van der Waals surface area contributed by atoms with E-state index in [2.05, 4.69) is 35.2 Å². The fourth-order valence-electron chi connectivity index (χ4n) is 3.75. The number of nitrogens with zero attached hydrogens (tertiary/aromatic N) is 1. The number of aliphatic hydroxyl groups is 1. The minimum absolute atomic E-state index is 0.193. The summed E-state index contributed by atoms with van der Waals surface area (Å²) < 4.78 is 11.3. The summed E-state index contributed by atoms with van der Waals surface area (Å²) in [6.07, 6.45) is 1.33. The number of hydrogen-bond donors (Lipinski definition) is 1. The number of likely N-dealkylation sites (tertiary alicyclic amines) is 1. The van der Waals surface area contributed by atoms with E-state index in [1.54, 1.807) is 7.11 Å². The van der Waals surface area contributed by atoms with Gasteiger partial charge in [0.25, 0.3) is 0 Å². The number of piperidine rings is 1. The topological polar surface area (TPSA) is 41.9 Å². The molecule has 1 saturated heterocycles. The molecule has 4 nitrogen and oxygen atoms in total. The fourth-order valence-corrected chi connectivity index (χ4v) is 3.75. The molecule has 1 aliphatic heterocycles. The van der Waals surface area contributed by atoms with Crippen molar-refractivity contribution in [3.05, 3.63) is 59.7 Å². The minimum atomic E-state index is -0.275. The largest absolute Gasteiger partial charge is 0.493 e. The molecule has 0 aliphatic carbocycles. The third kappa shape index (κ3) is 4.57. The summed E-state index contributed by atoms with van der Waals surface area (Å²) >= 11 is 0. The SMILES string of the molecule is CCOc1c(CC2CN(Cc3ccccc3)CCC2O)cccc1OC. The van der Waals surface area contributed by atoms with Crippen LogP contribution in [-0.4, -0.2) is 42.9 Å². The summed E-state index contributed by atoms with van der Waals surface area (Å²) in [4.78, 5) is 2.44. The van der Waals surface area contributed by atoms with Gasteiger partial charge in [-0.05, 0) is 37.0 Å². The second-order valence-electron chi connectivity index (χ2n) is 6.92. The Balaban J connectivity index is 1.72. The van der Waals surface area contributed by atoms with Crippen LogP contribution in [0, 0.1) is 5.92 Å². The summed E-state index contributed by atoms with van der Waals surface area (Å²) in [5.74, 6) is 1.76. The molecule has 1 N–H and O–H groups in total. The Morgan fingerprint density at radius 1 is 1.12 bits per heavy atom. The lowest BCUT2D eigenvalue weighted by Crippen LogP contribution is -2.43. The average molecular weight is 355 g/mol. The van der Waals surface area contributed by atoms with Crippen molar-refractivity contribution in [1.29, 1.82) is 0 Å². The van der Waals surface area contributed by atoms with Crippen molar-refractivity contribution in [3.63, 3.8) is 0 Å². The van der Waals surface area contributed by atoms with Crippen molar-refractivity contribution in [2.45, 2.75) is 32.4 Å². The Labute approximate surface area is 156 Å². The van der Waals surface area contributed by atoms with E-state index in [1.807, 2.05) is 25.1 Å². The molecule has 0 saturated carbocycles. The maximum Gasteiger partial charge on any atom is 0.164 e. The Morgan fingerprint density at radius 2 is 1.92 bits per heavy atom. The maximum atomic E-state index is 10.6. The molecular formula is C22H29NO3. The number of hydrogen-bond acceptors (Lipinski definition) is 4. The van der Waals surface area contributed by atoms with Gasteiger partial charge in [-0.1, -0.05) is 42.5 Å². The van der Waals surface area contributed by atoms with Crippen LogP contribution in [0.25, 0.3) is 0 Å². The fraction of sp³-hybridized carbons (Fsp3) is 0.455. The van der Waals surface area contributed by atoms with Crippen LogP contribution in [-0.2, 0) is 13.0 Å². The zero-order valence-electron chi connectivity index (χ0n) is 15.7. The van der Waals surface area contributed by atoms with E-state index < -0.39 is 0 Å². The highest BCUT2D eigenvalue weighted by Gasteiger charge is 2.29. The molecule has 2 unspecified atom stereocenters. The molecule has 1 fully saturated rings. The first-order valence-corrected chi connectivity index (χ1v) is 9.44. The number of ether oxygens (including phenoxy) is 2. The zero-order valence-corrected chi connectivity index (χ0v) is 15.7. The molecule has 2 aromatic rings. The van der Waals surface area contributed by atoms with E-state index in [9.17, 15) is 5.11 Å². The van der Waals surface area contributed by atoms with Crippen molar-refractivity contribution in [3.8, 4) is 11.5 Å². The molecule has 0 aromatic heterocycles. The predicted molar refractivity (Wildman–Crippen MR) is 104 cm³/mol. The molecule has 0 spiro atoms. The van der Waals surface area contributed by atoms with E-state index in [0.29, 0.717) is 6.61 Å². The normalized spacial score (nSPS) is 20.7. The van der Waals surface area contributed by atoms with Gasteiger partial charge in [-0.25, -0.2) is 0 Å². The first kappa shape index (κ1) is 18.7.